The molecule has 2 aliphatic rings. The van der Waals surface area contributed by atoms with Gasteiger partial charge in [0, 0.05) is 31.0 Å². The van der Waals surface area contributed by atoms with E-state index in [1.165, 1.54) is 22.4 Å². The van der Waals surface area contributed by atoms with Crippen molar-refractivity contribution in [1.82, 2.24) is 15.2 Å². The third kappa shape index (κ3) is 3.60. The lowest BCUT2D eigenvalue weighted by Crippen LogP contribution is -2.42. The van der Waals surface area contributed by atoms with Crippen LogP contribution in [0.15, 0.2) is 48.7 Å². The van der Waals surface area contributed by atoms with E-state index < -0.39 is 0 Å². The third-order valence-electron chi connectivity index (χ3n) is 6.34. The van der Waals surface area contributed by atoms with Crippen molar-refractivity contribution in [2.45, 2.75) is 52.2 Å². The minimum absolute atomic E-state index is 0.00918. The van der Waals surface area contributed by atoms with Crippen LogP contribution in [0.1, 0.15) is 63.5 Å². The van der Waals surface area contributed by atoms with Crippen molar-refractivity contribution in [3.63, 3.8) is 0 Å². The van der Waals surface area contributed by atoms with E-state index in [0.717, 1.165) is 17.4 Å². The maximum Gasteiger partial charge on any atom is 0.170 e. The van der Waals surface area contributed by atoms with Crippen molar-refractivity contribution in [3.05, 3.63) is 65.5 Å². The Hall–Kier alpha value is -2.40. The minimum atomic E-state index is 0.00918. The number of nitrogens with one attached hydrogen (secondary N) is 1. The smallest absolute Gasteiger partial charge is 0.170 e. The summed E-state index contributed by atoms with van der Waals surface area (Å²) in [5.74, 6) is 0.515. The molecule has 0 spiro atoms. The number of thiocarbonyl (C=S) groups is 1. The summed E-state index contributed by atoms with van der Waals surface area (Å²) >= 11 is 5.77. The Labute approximate surface area is 186 Å². The van der Waals surface area contributed by atoms with Gasteiger partial charge in [0.05, 0.1) is 23.3 Å². The number of likely N-dealkylation sites (N-methyl/N-ethyl adjacent to an activating group) is 1. The van der Waals surface area contributed by atoms with E-state index in [1.807, 2.05) is 18.3 Å². The summed E-state index contributed by atoms with van der Waals surface area (Å²) in [6.07, 6.45) is 4.22. The van der Waals surface area contributed by atoms with E-state index in [-0.39, 0.29) is 17.6 Å². The Bertz CT molecular complexity index is 980. The lowest BCUT2D eigenvalue weighted by atomic mass is 9.86. The van der Waals surface area contributed by atoms with Crippen LogP contribution in [0.25, 0.3) is 5.57 Å². The molecule has 1 aromatic carbocycles. The number of fused-ring (bicyclic) bond motifs is 1. The molecule has 1 saturated heterocycles. The summed E-state index contributed by atoms with van der Waals surface area (Å²) in [5.41, 5.74) is 6.22. The second kappa shape index (κ2) is 7.69. The first kappa shape index (κ1) is 20.9. The van der Waals surface area contributed by atoms with Gasteiger partial charge in [-0.1, -0.05) is 32.1 Å². The Morgan fingerprint density at radius 3 is 2.63 bits per heavy atom. The van der Waals surface area contributed by atoms with Gasteiger partial charge in [0.25, 0.3) is 0 Å². The molecule has 0 bridgehead atoms. The predicted molar refractivity (Wildman–Crippen MR) is 130 cm³/mol. The molecule has 2 aliphatic heterocycles. The van der Waals surface area contributed by atoms with E-state index in [1.54, 1.807) is 0 Å². The Balaban J connectivity index is 1.81. The number of hydrogen-bond acceptors (Lipinski definition) is 3. The SMILES string of the molecule is CC1=CC(C)(C)N(C)c2ccc([C@@H]3[C@H](c4ccccn4)NC(=S)N3CC(C)C)cc21. The molecule has 4 rings (SSSR count). The lowest BCUT2D eigenvalue weighted by molar-refractivity contribution is 0.287. The topological polar surface area (TPSA) is 31.4 Å². The summed E-state index contributed by atoms with van der Waals surface area (Å²) in [4.78, 5) is 9.35. The first-order chi connectivity index (χ1) is 14.2. The number of benzene rings is 1. The highest BCUT2D eigenvalue weighted by Gasteiger charge is 2.40. The molecule has 2 atom stereocenters. The molecule has 1 aromatic heterocycles. The fourth-order valence-electron chi connectivity index (χ4n) is 4.72. The number of anilines is 1. The first-order valence-corrected chi connectivity index (χ1v) is 11.2. The molecule has 0 aliphatic carbocycles. The number of rotatable bonds is 4. The standard InChI is InChI=1S/C25H32N4S/c1-16(2)15-29-23(22(27-24(29)30)20-9-7-8-12-26-20)18-10-11-21-19(13-18)17(3)14-25(4,5)28(21)6/h7-14,16,22-23H,15H2,1-6H3,(H,27,30)/t22-,23+/m0/s1. The molecule has 0 saturated carbocycles. The number of allylic oxidation sites excluding steroid dienone is 1. The van der Waals surface area contributed by atoms with Crippen LogP contribution in [0.3, 0.4) is 0 Å². The highest BCUT2D eigenvalue weighted by molar-refractivity contribution is 7.80. The third-order valence-corrected chi connectivity index (χ3v) is 6.69. The Morgan fingerprint density at radius 1 is 1.20 bits per heavy atom. The Kier molecular flexibility index (Phi) is 5.35. The maximum absolute atomic E-state index is 5.77. The second-order valence-corrected chi connectivity index (χ2v) is 9.88. The molecule has 5 heteroatoms. The average molecular weight is 421 g/mol. The predicted octanol–water partition coefficient (Wildman–Crippen LogP) is 5.34. The molecule has 2 aromatic rings. The van der Waals surface area contributed by atoms with Crippen LogP contribution in [0.4, 0.5) is 5.69 Å². The van der Waals surface area contributed by atoms with Gasteiger partial charge in [-0.05, 0) is 74.3 Å². The zero-order chi connectivity index (χ0) is 21.6. The molecular formula is C25H32N4S. The van der Waals surface area contributed by atoms with Crippen molar-refractivity contribution < 1.29 is 0 Å². The van der Waals surface area contributed by atoms with Gasteiger partial charge in [0.1, 0.15) is 0 Å². The number of nitrogens with zero attached hydrogens (tertiary/aromatic N) is 3. The zero-order valence-electron chi connectivity index (χ0n) is 18.8. The normalized spacial score (nSPS) is 22.8. The molecule has 4 nitrogen and oxygen atoms in total. The molecule has 0 unspecified atom stereocenters. The van der Waals surface area contributed by atoms with Crippen molar-refractivity contribution in [3.8, 4) is 0 Å². The zero-order valence-corrected chi connectivity index (χ0v) is 19.6. The van der Waals surface area contributed by atoms with Gasteiger partial charge in [-0.2, -0.15) is 0 Å². The fourth-order valence-corrected chi connectivity index (χ4v) is 5.03. The summed E-state index contributed by atoms with van der Waals surface area (Å²) < 4.78 is 0. The lowest BCUT2D eigenvalue weighted by Gasteiger charge is -2.41. The van der Waals surface area contributed by atoms with Crippen molar-refractivity contribution >= 4 is 28.6 Å². The van der Waals surface area contributed by atoms with Gasteiger partial charge >= 0.3 is 0 Å². The molecule has 1 fully saturated rings. The van der Waals surface area contributed by atoms with Crippen LogP contribution in [-0.4, -0.2) is 34.1 Å². The molecule has 1 N–H and O–H groups in total. The van der Waals surface area contributed by atoms with Crippen LogP contribution in [-0.2, 0) is 0 Å². The summed E-state index contributed by atoms with van der Waals surface area (Å²) in [5, 5.41) is 4.37. The highest BCUT2D eigenvalue weighted by Crippen LogP contribution is 2.43. The summed E-state index contributed by atoms with van der Waals surface area (Å²) in [7, 11) is 2.18. The number of hydrogen-bond donors (Lipinski definition) is 1. The maximum atomic E-state index is 5.77. The van der Waals surface area contributed by atoms with Crippen LogP contribution in [0, 0.1) is 5.92 Å². The van der Waals surface area contributed by atoms with Crippen molar-refractivity contribution in [1.29, 1.82) is 0 Å². The van der Waals surface area contributed by atoms with Crippen LogP contribution >= 0.6 is 12.2 Å². The van der Waals surface area contributed by atoms with E-state index in [2.05, 4.69) is 92.1 Å². The molecule has 0 amide bonds. The van der Waals surface area contributed by atoms with E-state index in [9.17, 15) is 0 Å². The highest BCUT2D eigenvalue weighted by atomic mass is 32.1. The molecule has 0 radical (unpaired) electrons. The van der Waals surface area contributed by atoms with Crippen LogP contribution < -0.4 is 10.2 Å². The van der Waals surface area contributed by atoms with Crippen molar-refractivity contribution in [2.24, 2.45) is 5.92 Å². The van der Waals surface area contributed by atoms with Gasteiger partial charge in [0.15, 0.2) is 5.11 Å². The quantitative estimate of drug-likeness (QED) is 0.675. The molecule has 30 heavy (non-hydrogen) atoms. The molecule has 3 heterocycles. The monoisotopic (exact) mass is 420 g/mol. The van der Waals surface area contributed by atoms with Gasteiger partial charge in [-0.25, -0.2) is 0 Å². The van der Waals surface area contributed by atoms with Gasteiger partial charge in [-0.15, -0.1) is 0 Å². The fraction of sp³-hybridized carbons (Fsp3) is 0.440. The van der Waals surface area contributed by atoms with Crippen molar-refractivity contribution in [2.75, 3.05) is 18.5 Å². The van der Waals surface area contributed by atoms with Crippen LogP contribution in [0.2, 0.25) is 0 Å². The molecular weight excluding hydrogens is 388 g/mol. The largest absolute Gasteiger partial charge is 0.366 e. The summed E-state index contributed by atoms with van der Waals surface area (Å²) in [6, 6.07) is 13.2. The van der Waals surface area contributed by atoms with E-state index in [0.29, 0.717) is 5.92 Å². The average Bonchev–Trinajstić information content (AvgIpc) is 3.02. The first-order valence-electron chi connectivity index (χ1n) is 10.7. The second-order valence-electron chi connectivity index (χ2n) is 9.49. The van der Waals surface area contributed by atoms with Gasteiger partial charge < -0.3 is 15.1 Å². The Morgan fingerprint density at radius 2 is 1.97 bits per heavy atom. The minimum Gasteiger partial charge on any atom is -0.366 e. The number of aromatic nitrogens is 1. The van der Waals surface area contributed by atoms with Gasteiger partial charge in [0.2, 0.25) is 0 Å². The van der Waals surface area contributed by atoms with Gasteiger partial charge in [-0.3, -0.25) is 4.98 Å². The molecule has 158 valence electrons. The van der Waals surface area contributed by atoms with Crippen LogP contribution in [0.5, 0.6) is 0 Å². The number of pyridine rings is 1. The van der Waals surface area contributed by atoms with E-state index >= 15 is 0 Å². The summed E-state index contributed by atoms with van der Waals surface area (Å²) in [6.45, 7) is 12.1. The van der Waals surface area contributed by atoms with E-state index in [4.69, 9.17) is 12.2 Å².